The minimum absolute atomic E-state index is 0.269. The quantitative estimate of drug-likeness (QED) is 0.482. The molecule has 2 N–H and O–H groups in total. The summed E-state index contributed by atoms with van der Waals surface area (Å²) in [5.41, 5.74) is 1.51. The molecule has 0 spiro atoms. The molecule has 2 aromatic carbocycles. The molecule has 0 aliphatic carbocycles. The highest BCUT2D eigenvalue weighted by Gasteiger charge is 2.08. The second kappa shape index (κ2) is 6.97. The van der Waals surface area contributed by atoms with E-state index in [0.717, 1.165) is 15.6 Å². The molecule has 0 aromatic heterocycles. The fraction of sp³-hybridized carbons (Fsp3) is 0.0714. The average molecular weight is 374 g/mol. The van der Waals surface area contributed by atoms with Gasteiger partial charge in [0.25, 0.3) is 0 Å². The van der Waals surface area contributed by atoms with Crippen LogP contribution in [0.2, 0.25) is 10.0 Å². The minimum Gasteiger partial charge on any atom is -0.488 e. The monoisotopic (exact) mass is 372 g/mol. The van der Waals surface area contributed by atoms with Gasteiger partial charge >= 0.3 is 0 Å². The third-order valence-electron chi connectivity index (χ3n) is 2.62. The van der Waals surface area contributed by atoms with Crippen LogP contribution in [0.25, 0.3) is 0 Å². The first-order chi connectivity index (χ1) is 9.61. The molecule has 0 fully saturated rings. The van der Waals surface area contributed by atoms with Crippen LogP contribution in [0.1, 0.15) is 11.1 Å². The Morgan fingerprint density at radius 2 is 1.90 bits per heavy atom. The van der Waals surface area contributed by atoms with E-state index in [1.165, 1.54) is 6.21 Å². The molecule has 0 amide bonds. The van der Waals surface area contributed by atoms with Crippen molar-refractivity contribution in [3.63, 3.8) is 0 Å². The molecule has 3 nitrogen and oxygen atoms in total. The van der Waals surface area contributed by atoms with Crippen LogP contribution >= 0.6 is 39.1 Å². The summed E-state index contributed by atoms with van der Waals surface area (Å²) in [5.74, 6) is 5.84. The maximum atomic E-state index is 6.10. The highest BCUT2D eigenvalue weighted by molar-refractivity contribution is 9.10. The van der Waals surface area contributed by atoms with E-state index in [9.17, 15) is 0 Å². The van der Waals surface area contributed by atoms with Gasteiger partial charge in [0.15, 0.2) is 0 Å². The summed E-state index contributed by atoms with van der Waals surface area (Å²) in [6.45, 7) is 0.269. The Morgan fingerprint density at radius 1 is 1.20 bits per heavy atom. The molecule has 2 aromatic rings. The number of rotatable bonds is 4. The highest BCUT2D eigenvalue weighted by atomic mass is 79.9. The third-order valence-corrected chi connectivity index (χ3v) is 3.82. The Balaban J connectivity index is 2.23. The Bertz CT molecular complexity index is 627. The van der Waals surface area contributed by atoms with E-state index in [0.29, 0.717) is 15.8 Å². The van der Waals surface area contributed by atoms with Gasteiger partial charge in [0, 0.05) is 25.6 Å². The summed E-state index contributed by atoms with van der Waals surface area (Å²) in [5, 5.41) is 4.67. The van der Waals surface area contributed by atoms with Crippen molar-refractivity contribution < 1.29 is 4.74 Å². The lowest BCUT2D eigenvalue weighted by Gasteiger charge is -2.11. The van der Waals surface area contributed by atoms with Crippen LogP contribution in [0.5, 0.6) is 5.75 Å². The summed E-state index contributed by atoms with van der Waals surface area (Å²) in [7, 11) is 0. The molecule has 0 aliphatic heterocycles. The topological polar surface area (TPSA) is 47.6 Å². The molecule has 0 saturated carbocycles. The van der Waals surface area contributed by atoms with E-state index in [1.54, 1.807) is 18.2 Å². The predicted octanol–water partition coefficient (Wildman–Crippen LogP) is 4.63. The molecule has 2 rings (SSSR count). The Hall–Kier alpha value is -1.23. The smallest absolute Gasteiger partial charge is 0.128 e. The molecular formula is C14H11BrCl2N2O. The number of ether oxygens (including phenoxy) is 1. The fourth-order valence-corrected chi connectivity index (χ4v) is 2.54. The van der Waals surface area contributed by atoms with Crippen LogP contribution in [-0.4, -0.2) is 6.21 Å². The number of nitrogens with zero attached hydrogens (tertiary/aromatic N) is 1. The van der Waals surface area contributed by atoms with Crippen LogP contribution in [-0.2, 0) is 6.61 Å². The third kappa shape index (κ3) is 3.66. The van der Waals surface area contributed by atoms with Crippen molar-refractivity contribution in [2.45, 2.75) is 6.61 Å². The fourth-order valence-electron chi connectivity index (χ4n) is 1.65. The molecule has 6 heteroatoms. The number of hydrogen-bond acceptors (Lipinski definition) is 3. The van der Waals surface area contributed by atoms with E-state index >= 15 is 0 Å². The summed E-state index contributed by atoms with van der Waals surface area (Å²) < 4.78 is 6.67. The summed E-state index contributed by atoms with van der Waals surface area (Å²) in [6, 6.07) is 10.9. The van der Waals surface area contributed by atoms with Gasteiger partial charge in [0.1, 0.15) is 12.4 Å². The van der Waals surface area contributed by atoms with Gasteiger partial charge in [-0.1, -0.05) is 45.2 Å². The molecule has 20 heavy (non-hydrogen) atoms. The minimum atomic E-state index is 0.269. The van der Waals surface area contributed by atoms with Gasteiger partial charge < -0.3 is 10.6 Å². The van der Waals surface area contributed by atoms with Gasteiger partial charge in [-0.3, -0.25) is 0 Å². The van der Waals surface area contributed by atoms with Crippen molar-refractivity contribution in [2.24, 2.45) is 10.9 Å². The van der Waals surface area contributed by atoms with Crippen molar-refractivity contribution in [3.8, 4) is 5.75 Å². The van der Waals surface area contributed by atoms with Crippen LogP contribution in [0.15, 0.2) is 46.0 Å². The van der Waals surface area contributed by atoms with Crippen molar-refractivity contribution in [2.75, 3.05) is 0 Å². The van der Waals surface area contributed by atoms with Gasteiger partial charge in [-0.15, -0.1) is 0 Å². The lowest BCUT2D eigenvalue weighted by atomic mass is 10.2. The molecule has 0 aliphatic rings. The van der Waals surface area contributed by atoms with Crippen LogP contribution in [0.3, 0.4) is 0 Å². The van der Waals surface area contributed by atoms with E-state index < -0.39 is 0 Å². The maximum Gasteiger partial charge on any atom is 0.128 e. The zero-order valence-electron chi connectivity index (χ0n) is 10.3. The first kappa shape index (κ1) is 15.2. The second-order valence-corrected chi connectivity index (χ2v) is 5.68. The molecular weight excluding hydrogens is 363 g/mol. The second-order valence-electron chi connectivity index (χ2n) is 3.95. The lowest BCUT2D eigenvalue weighted by Crippen LogP contribution is -2.00. The van der Waals surface area contributed by atoms with E-state index in [-0.39, 0.29) is 6.61 Å². The zero-order chi connectivity index (χ0) is 14.5. The van der Waals surface area contributed by atoms with Crippen LogP contribution in [0, 0.1) is 0 Å². The molecule has 0 unspecified atom stereocenters. The summed E-state index contributed by atoms with van der Waals surface area (Å²) >= 11 is 15.6. The normalized spacial score (nSPS) is 10.9. The molecule has 104 valence electrons. The van der Waals surface area contributed by atoms with Crippen molar-refractivity contribution >= 4 is 45.3 Å². The van der Waals surface area contributed by atoms with Gasteiger partial charge in [0.05, 0.1) is 6.21 Å². The van der Waals surface area contributed by atoms with Crippen molar-refractivity contribution in [1.29, 1.82) is 0 Å². The standard InChI is InChI=1S/C14H11BrCl2N2O/c15-10-4-5-14(9(6-10)7-19-18)20-8-11-12(16)2-1-3-13(11)17/h1-7H,8,18H2. The SMILES string of the molecule is NN=Cc1cc(Br)ccc1OCc1c(Cl)cccc1Cl. The zero-order valence-corrected chi connectivity index (χ0v) is 13.4. The number of nitrogens with two attached hydrogens (primary N) is 1. The number of hydrazone groups is 1. The summed E-state index contributed by atoms with van der Waals surface area (Å²) in [6.07, 6.45) is 1.52. The first-order valence-electron chi connectivity index (χ1n) is 5.70. The highest BCUT2D eigenvalue weighted by Crippen LogP contribution is 2.27. The first-order valence-corrected chi connectivity index (χ1v) is 7.25. The van der Waals surface area contributed by atoms with Crippen LogP contribution in [0.4, 0.5) is 0 Å². The largest absolute Gasteiger partial charge is 0.488 e. The number of hydrogen-bond donors (Lipinski definition) is 1. The van der Waals surface area contributed by atoms with Gasteiger partial charge in [-0.25, -0.2) is 0 Å². The molecule has 0 saturated heterocycles. The van der Waals surface area contributed by atoms with Gasteiger partial charge in [-0.05, 0) is 30.3 Å². The molecule has 0 bridgehead atoms. The van der Waals surface area contributed by atoms with Crippen molar-refractivity contribution in [1.82, 2.24) is 0 Å². The van der Waals surface area contributed by atoms with E-state index in [4.69, 9.17) is 33.8 Å². The van der Waals surface area contributed by atoms with Gasteiger partial charge in [-0.2, -0.15) is 5.10 Å². The summed E-state index contributed by atoms with van der Waals surface area (Å²) in [4.78, 5) is 0. The Labute approximate surface area is 135 Å². The molecule has 0 heterocycles. The molecule has 0 radical (unpaired) electrons. The van der Waals surface area contributed by atoms with Gasteiger partial charge in [0.2, 0.25) is 0 Å². The van der Waals surface area contributed by atoms with Crippen molar-refractivity contribution in [3.05, 3.63) is 62.0 Å². The van der Waals surface area contributed by atoms with Crippen LogP contribution < -0.4 is 10.6 Å². The predicted molar refractivity (Wildman–Crippen MR) is 86.7 cm³/mol. The van der Waals surface area contributed by atoms with E-state index in [1.807, 2.05) is 18.2 Å². The number of halogens is 3. The molecule has 0 atom stereocenters. The number of benzene rings is 2. The Kier molecular flexibility index (Phi) is 5.29. The Morgan fingerprint density at radius 3 is 2.55 bits per heavy atom. The average Bonchev–Trinajstić information content (AvgIpc) is 2.40. The maximum absolute atomic E-state index is 6.10. The lowest BCUT2D eigenvalue weighted by molar-refractivity contribution is 0.306. The van der Waals surface area contributed by atoms with E-state index in [2.05, 4.69) is 21.0 Å².